The summed E-state index contributed by atoms with van der Waals surface area (Å²) in [4.78, 5) is 15.2. The smallest absolute Gasteiger partial charge is 0.269 e. The number of benzene rings is 2. The number of nitrogens with zero attached hydrogens (tertiary/aromatic N) is 3. The molecule has 4 heteroatoms. The molecule has 0 saturated carbocycles. The van der Waals surface area contributed by atoms with Crippen LogP contribution in [-0.4, -0.2) is 22.9 Å². The predicted octanol–water partition coefficient (Wildman–Crippen LogP) is 4.34. The second-order valence-electron chi connectivity index (χ2n) is 7.13. The highest BCUT2D eigenvalue weighted by Gasteiger charge is 2.18. The summed E-state index contributed by atoms with van der Waals surface area (Å²) in [7, 11) is 0. The van der Waals surface area contributed by atoms with Gasteiger partial charge in [0.05, 0.1) is 12.2 Å². The summed E-state index contributed by atoms with van der Waals surface area (Å²) in [5, 5.41) is 4.81. The molecule has 0 bridgehead atoms. The molecule has 1 fully saturated rings. The standard InChI is InChI=1S/C23H25N3O/c27-22-17-21(25-15-9-1-2-10-16-25)23(20-13-7-4-8-14-20)24-26(22)18-19-11-5-3-6-12-19/h3-8,11-14,17H,1-2,9-10,15-16,18H2. The Kier molecular flexibility index (Phi) is 5.33. The molecule has 1 aliphatic rings. The number of aromatic nitrogens is 2. The Labute approximate surface area is 160 Å². The highest BCUT2D eigenvalue weighted by molar-refractivity contribution is 5.74. The molecule has 0 aliphatic carbocycles. The molecule has 3 aromatic rings. The van der Waals surface area contributed by atoms with Crippen molar-refractivity contribution >= 4 is 5.69 Å². The van der Waals surface area contributed by atoms with Crippen LogP contribution in [0.25, 0.3) is 11.3 Å². The summed E-state index contributed by atoms with van der Waals surface area (Å²) in [6, 6.07) is 22.0. The van der Waals surface area contributed by atoms with Gasteiger partial charge in [0.1, 0.15) is 5.69 Å². The van der Waals surface area contributed by atoms with Gasteiger partial charge in [-0.2, -0.15) is 5.10 Å². The van der Waals surface area contributed by atoms with Crippen LogP contribution in [-0.2, 0) is 6.54 Å². The van der Waals surface area contributed by atoms with Crippen LogP contribution in [0.2, 0.25) is 0 Å². The molecule has 0 radical (unpaired) electrons. The molecule has 2 heterocycles. The van der Waals surface area contributed by atoms with Crippen molar-refractivity contribution in [1.29, 1.82) is 0 Å². The molecule has 0 amide bonds. The van der Waals surface area contributed by atoms with Gasteiger partial charge in [-0.05, 0) is 18.4 Å². The first-order chi connectivity index (χ1) is 13.3. The van der Waals surface area contributed by atoms with Gasteiger partial charge in [-0.3, -0.25) is 4.79 Å². The van der Waals surface area contributed by atoms with E-state index >= 15 is 0 Å². The summed E-state index contributed by atoms with van der Waals surface area (Å²) in [6.45, 7) is 2.47. The predicted molar refractivity (Wildman–Crippen MR) is 110 cm³/mol. The van der Waals surface area contributed by atoms with Gasteiger partial charge < -0.3 is 4.90 Å². The fourth-order valence-electron chi connectivity index (χ4n) is 3.70. The monoisotopic (exact) mass is 359 g/mol. The van der Waals surface area contributed by atoms with Gasteiger partial charge in [0.15, 0.2) is 0 Å². The minimum absolute atomic E-state index is 0.0437. The van der Waals surface area contributed by atoms with E-state index in [1.165, 1.54) is 25.7 Å². The topological polar surface area (TPSA) is 38.1 Å². The molecule has 0 unspecified atom stereocenters. The van der Waals surface area contributed by atoms with Crippen molar-refractivity contribution in [1.82, 2.24) is 9.78 Å². The van der Waals surface area contributed by atoms with E-state index in [2.05, 4.69) is 17.0 Å². The number of anilines is 1. The molecule has 0 spiro atoms. The average Bonchev–Trinajstić information content (AvgIpc) is 3.00. The average molecular weight is 359 g/mol. The second kappa shape index (κ2) is 8.21. The SMILES string of the molecule is O=c1cc(N2CCCCCC2)c(-c2ccccc2)nn1Cc1ccccc1. The molecule has 0 atom stereocenters. The Bertz CT molecular complexity index is 927. The fraction of sp³-hybridized carbons (Fsp3) is 0.304. The lowest BCUT2D eigenvalue weighted by atomic mass is 10.1. The van der Waals surface area contributed by atoms with Gasteiger partial charge >= 0.3 is 0 Å². The van der Waals surface area contributed by atoms with E-state index in [1.807, 2.05) is 48.5 Å². The molecule has 4 rings (SSSR count). The van der Waals surface area contributed by atoms with E-state index in [0.29, 0.717) is 6.54 Å². The van der Waals surface area contributed by atoms with E-state index in [1.54, 1.807) is 10.7 Å². The van der Waals surface area contributed by atoms with Crippen LogP contribution in [0.5, 0.6) is 0 Å². The summed E-state index contributed by atoms with van der Waals surface area (Å²) >= 11 is 0. The van der Waals surface area contributed by atoms with Crippen LogP contribution in [0, 0.1) is 0 Å². The fourth-order valence-corrected chi connectivity index (χ4v) is 3.70. The summed E-state index contributed by atoms with van der Waals surface area (Å²) in [6.07, 6.45) is 4.86. The van der Waals surface area contributed by atoms with Crippen molar-refractivity contribution in [3.63, 3.8) is 0 Å². The van der Waals surface area contributed by atoms with E-state index in [9.17, 15) is 4.79 Å². The molecule has 0 N–H and O–H groups in total. The van der Waals surface area contributed by atoms with Crippen LogP contribution < -0.4 is 10.5 Å². The van der Waals surface area contributed by atoms with Crippen molar-refractivity contribution in [3.05, 3.63) is 82.6 Å². The van der Waals surface area contributed by atoms with Gasteiger partial charge in [0, 0.05) is 24.7 Å². The van der Waals surface area contributed by atoms with E-state index in [4.69, 9.17) is 5.10 Å². The van der Waals surface area contributed by atoms with E-state index < -0.39 is 0 Å². The number of hydrogen-bond donors (Lipinski definition) is 0. The Morgan fingerprint density at radius 2 is 1.44 bits per heavy atom. The molecule has 1 aliphatic heterocycles. The first-order valence-corrected chi connectivity index (χ1v) is 9.78. The maximum absolute atomic E-state index is 12.8. The zero-order valence-electron chi connectivity index (χ0n) is 15.6. The van der Waals surface area contributed by atoms with Crippen LogP contribution in [0.3, 0.4) is 0 Å². The third-order valence-corrected chi connectivity index (χ3v) is 5.15. The van der Waals surface area contributed by atoms with Gasteiger partial charge in [-0.15, -0.1) is 0 Å². The molecule has 138 valence electrons. The Morgan fingerprint density at radius 3 is 2.11 bits per heavy atom. The van der Waals surface area contributed by atoms with Gasteiger partial charge in [-0.1, -0.05) is 73.5 Å². The zero-order valence-corrected chi connectivity index (χ0v) is 15.6. The van der Waals surface area contributed by atoms with Crippen molar-refractivity contribution in [2.75, 3.05) is 18.0 Å². The quantitative estimate of drug-likeness (QED) is 0.695. The van der Waals surface area contributed by atoms with E-state index in [-0.39, 0.29) is 5.56 Å². The Hall–Kier alpha value is -2.88. The second-order valence-corrected chi connectivity index (χ2v) is 7.13. The highest BCUT2D eigenvalue weighted by atomic mass is 16.1. The summed E-state index contributed by atoms with van der Waals surface area (Å²) in [5.74, 6) is 0. The molecular weight excluding hydrogens is 334 g/mol. The van der Waals surface area contributed by atoms with E-state index in [0.717, 1.165) is 35.6 Å². The van der Waals surface area contributed by atoms with Crippen LogP contribution in [0.4, 0.5) is 5.69 Å². The van der Waals surface area contributed by atoms with Crippen LogP contribution >= 0.6 is 0 Å². The van der Waals surface area contributed by atoms with Crippen molar-refractivity contribution in [3.8, 4) is 11.3 Å². The third-order valence-electron chi connectivity index (χ3n) is 5.15. The molecule has 1 saturated heterocycles. The van der Waals surface area contributed by atoms with Gasteiger partial charge in [0.2, 0.25) is 0 Å². The normalized spacial score (nSPS) is 14.7. The van der Waals surface area contributed by atoms with Crippen molar-refractivity contribution in [2.24, 2.45) is 0 Å². The van der Waals surface area contributed by atoms with Crippen LogP contribution in [0.15, 0.2) is 71.5 Å². The summed E-state index contributed by atoms with van der Waals surface area (Å²) < 4.78 is 1.58. The third kappa shape index (κ3) is 4.11. The van der Waals surface area contributed by atoms with Crippen LogP contribution in [0.1, 0.15) is 31.2 Å². The zero-order chi connectivity index (χ0) is 18.5. The Balaban J connectivity index is 1.78. The van der Waals surface area contributed by atoms with Gasteiger partial charge in [-0.25, -0.2) is 4.68 Å². The summed E-state index contributed by atoms with van der Waals surface area (Å²) in [5.41, 5.74) is 3.95. The van der Waals surface area contributed by atoms with Gasteiger partial charge in [0.25, 0.3) is 5.56 Å². The molecular formula is C23H25N3O. The minimum Gasteiger partial charge on any atom is -0.370 e. The Morgan fingerprint density at radius 1 is 0.815 bits per heavy atom. The largest absolute Gasteiger partial charge is 0.370 e. The maximum Gasteiger partial charge on any atom is 0.269 e. The molecule has 27 heavy (non-hydrogen) atoms. The molecule has 1 aromatic heterocycles. The van der Waals surface area contributed by atoms with Crippen molar-refractivity contribution < 1.29 is 0 Å². The minimum atomic E-state index is -0.0437. The lowest BCUT2D eigenvalue weighted by Gasteiger charge is -2.25. The van der Waals surface area contributed by atoms with Crippen molar-refractivity contribution in [2.45, 2.75) is 32.2 Å². The lowest BCUT2D eigenvalue weighted by molar-refractivity contribution is 0.639. The molecule has 4 nitrogen and oxygen atoms in total. The first kappa shape index (κ1) is 17.5. The number of hydrogen-bond acceptors (Lipinski definition) is 3. The maximum atomic E-state index is 12.8. The highest BCUT2D eigenvalue weighted by Crippen LogP contribution is 2.29. The lowest BCUT2D eigenvalue weighted by Crippen LogP contribution is -2.30. The number of rotatable bonds is 4. The molecule has 2 aromatic carbocycles. The first-order valence-electron chi connectivity index (χ1n) is 9.78.